The first-order valence-electron chi connectivity index (χ1n) is 6.37. The van der Waals surface area contributed by atoms with Gasteiger partial charge in [-0.25, -0.2) is 9.48 Å². The summed E-state index contributed by atoms with van der Waals surface area (Å²) in [7, 11) is 3.44. The molecular formula is C12H18N4O3. The van der Waals surface area contributed by atoms with E-state index >= 15 is 0 Å². The Morgan fingerprint density at radius 2 is 2.11 bits per heavy atom. The van der Waals surface area contributed by atoms with Crippen molar-refractivity contribution in [3.05, 3.63) is 11.4 Å². The lowest BCUT2D eigenvalue weighted by Gasteiger charge is -2.10. The average molecular weight is 266 g/mol. The van der Waals surface area contributed by atoms with Crippen LogP contribution in [0.25, 0.3) is 0 Å². The van der Waals surface area contributed by atoms with Gasteiger partial charge in [0.25, 0.3) is 0 Å². The van der Waals surface area contributed by atoms with Gasteiger partial charge < -0.3 is 10.0 Å². The van der Waals surface area contributed by atoms with E-state index in [0.29, 0.717) is 25.1 Å². The van der Waals surface area contributed by atoms with Gasteiger partial charge in [0.1, 0.15) is 0 Å². The minimum absolute atomic E-state index is 0.0569. The van der Waals surface area contributed by atoms with Gasteiger partial charge in [0.15, 0.2) is 5.69 Å². The zero-order valence-corrected chi connectivity index (χ0v) is 11.2. The maximum atomic E-state index is 11.5. The number of amides is 1. The zero-order chi connectivity index (χ0) is 14.0. The van der Waals surface area contributed by atoms with Crippen LogP contribution in [0.4, 0.5) is 0 Å². The molecule has 1 fully saturated rings. The summed E-state index contributed by atoms with van der Waals surface area (Å²) in [6.07, 6.45) is 3.05. The van der Waals surface area contributed by atoms with Crippen LogP contribution in [-0.2, 0) is 11.3 Å². The van der Waals surface area contributed by atoms with Crippen molar-refractivity contribution >= 4 is 11.9 Å². The summed E-state index contributed by atoms with van der Waals surface area (Å²) >= 11 is 0. The molecule has 0 saturated heterocycles. The minimum Gasteiger partial charge on any atom is -0.476 e. The number of hydrogen-bond donors (Lipinski definition) is 1. The van der Waals surface area contributed by atoms with E-state index in [4.69, 9.17) is 5.11 Å². The summed E-state index contributed by atoms with van der Waals surface area (Å²) in [5, 5.41) is 16.7. The predicted molar refractivity (Wildman–Crippen MR) is 66.9 cm³/mol. The smallest absolute Gasteiger partial charge is 0.358 e. The molecule has 0 radical (unpaired) electrons. The molecule has 1 aliphatic carbocycles. The standard InChI is InChI=1S/C12H18N4O3/c1-15(2)9(17)4-3-7-16-11(8-5-6-8)10(12(18)19)13-14-16/h8H,3-7H2,1-2H3,(H,18,19). The zero-order valence-electron chi connectivity index (χ0n) is 11.2. The van der Waals surface area contributed by atoms with E-state index in [-0.39, 0.29) is 17.5 Å². The van der Waals surface area contributed by atoms with Crippen LogP contribution < -0.4 is 0 Å². The van der Waals surface area contributed by atoms with Crippen LogP contribution in [-0.4, -0.2) is 51.0 Å². The van der Waals surface area contributed by atoms with Gasteiger partial charge in [-0.1, -0.05) is 5.21 Å². The van der Waals surface area contributed by atoms with Crippen LogP contribution >= 0.6 is 0 Å². The molecule has 1 amide bonds. The lowest BCUT2D eigenvalue weighted by molar-refractivity contribution is -0.128. The first-order chi connectivity index (χ1) is 9.00. The highest BCUT2D eigenvalue weighted by Crippen LogP contribution is 2.41. The molecule has 7 heteroatoms. The van der Waals surface area contributed by atoms with Gasteiger partial charge in [-0.2, -0.15) is 0 Å². The van der Waals surface area contributed by atoms with Crippen molar-refractivity contribution in [1.29, 1.82) is 0 Å². The molecule has 7 nitrogen and oxygen atoms in total. The summed E-state index contributed by atoms with van der Waals surface area (Å²) in [4.78, 5) is 24.1. The maximum Gasteiger partial charge on any atom is 0.358 e. The molecule has 19 heavy (non-hydrogen) atoms. The van der Waals surface area contributed by atoms with E-state index in [1.807, 2.05) is 0 Å². The molecule has 0 spiro atoms. The molecule has 0 aromatic carbocycles. The van der Waals surface area contributed by atoms with Crippen LogP contribution in [0.5, 0.6) is 0 Å². The number of aromatic nitrogens is 3. The van der Waals surface area contributed by atoms with Crippen molar-refractivity contribution in [3.63, 3.8) is 0 Å². The third kappa shape index (κ3) is 3.10. The van der Waals surface area contributed by atoms with Crippen molar-refractivity contribution in [3.8, 4) is 0 Å². The number of aromatic carboxylic acids is 1. The summed E-state index contributed by atoms with van der Waals surface area (Å²) in [6.45, 7) is 0.533. The average Bonchev–Trinajstić information content (AvgIpc) is 3.09. The molecule has 0 bridgehead atoms. The molecule has 1 saturated carbocycles. The second-order valence-electron chi connectivity index (χ2n) is 5.02. The Morgan fingerprint density at radius 3 is 2.63 bits per heavy atom. The van der Waals surface area contributed by atoms with Crippen LogP contribution in [0, 0.1) is 0 Å². The molecule has 1 aromatic rings. The first kappa shape index (κ1) is 13.5. The van der Waals surface area contributed by atoms with E-state index in [1.165, 1.54) is 0 Å². The number of carboxylic acid groups (broad SMARTS) is 1. The van der Waals surface area contributed by atoms with Gasteiger partial charge in [-0.3, -0.25) is 4.79 Å². The Kier molecular flexibility index (Phi) is 3.82. The Balaban J connectivity index is 2.00. The Hall–Kier alpha value is -1.92. The van der Waals surface area contributed by atoms with Crippen LogP contribution in [0.3, 0.4) is 0 Å². The van der Waals surface area contributed by atoms with Crippen molar-refractivity contribution in [1.82, 2.24) is 19.9 Å². The fourth-order valence-corrected chi connectivity index (χ4v) is 2.00. The van der Waals surface area contributed by atoms with Gasteiger partial charge in [-0.05, 0) is 19.3 Å². The molecule has 2 rings (SSSR count). The second-order valence-corrected chi connectivity index (χ2v) is 5.02. The molecule has 104 valence electrons. The van der Waals surface area contributed by atoms with Gasteiger partial charge in [0, 0.05) is 33.0 Å². The van der Waals surface area contributed by atoms with Gasteiger partial charge in [0.05, 0.1) is 5.69 Å². The van der Waals surface area contributed by atoms with Gasteiger partial charge in [-0.15, -0.1) is 5.10 Å². The topological polar surface area (TPSA) is 88.3 Å². The summed E-state index contributed by atoms with van der Waals surface area (Å²) in [6, 6.07) is 0. The molecular weight excluding hydrogens is 248 g/mol. The van der Waals surface area contributed by atoms with Crippen LogP contribution in [0.1, 0.15) is 47.8 Å². The molecule has 0 unspecified atom stereocenters. The highest BCUT2D eigenvalue weighted by Gasteiger charge is 2.33. The maximum absolute atomic E-state index is 11.5. The van der Waals surface area contributed by atoms with Crippen LogP contribution in [0.15, 0.2) is 0 Å². The van der Waals surface area contributed by atoms with Crippen molar-refractivity contribution in [2.45, 2.75) is 38.1 Å². The van der Waals surface area contributed by atoms with Crippen molar-refractivity contribution < 1.29 is 14.7 Å². The first-order valence-corrected chi connectivity index (χ1v) is 6.37. The Morgan fingerprint density at radius 1 is 1.42 bits per heavy atom. The highest BCUT2D eigenvalue weighted by atomic mass is 16.4. The van der Waals surface area contributed by atoms with E-state index in [2.05, 4.69) is 10.3 Å². The highest BCUT2D eigenvalue weighted by molar-refractivity contribution is 5.86. The fourth-order valence-electron chi connectivity index (χ4n) is 2.00. The lowest BCUT2D eigenvalue weighted by atomic mass is 10.2. The Labute approximate surface area is 111 Å². The SMILES string of the molecule is CN(C)C(=O)CCCn1nnc(C(=O)O)c1C1CC1. The normalized spacial score (nSPS) is 14.4. The quantitative estimate of drug-likeness (QED) is 0.819. The molecule has 1 aromatic heterocycles. The summed E-state index contributed by atoms with van der Waals surface area (Å²) in [5.41, 5.74) is 0.770. The minimum atomic E-state index is -1.03. The van der Waals surface area contributed by atoms with E-state index in [0.717, 1.165) is 12.8 Å². The molecule has 1 N–H and O–H groups in total. The number of rotatable bonds is 6. The van der Waals surface area contributed by atoms with Gasteiger partial charge >= 0.3 is 5.97 Å². The molecule has 1 aliphatic rings. The second kappa shape index (κ2) is 5.38. The molecule has 0 atom stereocenters. The Bertz CT molecular complexity index is 491. The number of carbonyl (C=O) groups is 2. The number of nitrogens with zero attached hydrogens (tertiary/aromatic N) is 4. The fraction of sp³-hybridized carbons (Fsp3) is 0.667. The number of carbonyl (C=O) groups excluding carboxylic acids is 1. The predicted octanol–water partition coefficient (Wildman–Crippen LogP) is 0.722. The third-order valence-corrected chi connectivity index (χ3v) is 3.20. The number of aryl methyl sites for hydroxylation is 1. The summed E-state index contributed by atoms with van der Waals surface area (Å²) in [5.74, 6) is -0.699. The number of carboxylic acids is 1. The largest absolute Gasteiger partial charge is 0.476 e. The van der Waals surface area contributed by atoms with E-state index < -0.39 is 5.97 Å². The lowest BCUT2D eigenvalue weighted by Crippen LogP contribution is -2.21. The number of hydrogen-bond acceptors (Lipinski definition) is 4. The molecule has 1 heterocycles. The molecule has 0 aliphatic heterocycles. The third-order valence-electron chi connectivity index (χ3n) is 3.20. The van der Waals surface area contributed by atoms with Crippen molar-refractivity contribution in [2.24, 2.45) is 0 Å². The van der Waals surface area contributed by atoms with E-state index in [9.17, 15) is 9.59 Å². The van der Waals surface area contributed by atoms with Crippen LogP contribution in [0.2, 0.25) is 0 Å². The summed E-state index contributed by atoms with van der Waals surface area (Å²) < 4.78 is 1.64. The monoisotopic (exact) mass is 266 g/mol. The van der Waals surface area contributed by atoms with Gasteiger partial charge in [0.2, 0.25) is 5.91 Å². The van der Waals surface area contributed by atoms with Crippen molar-refractivity contribution in [2.75, 3.05) is 14.1 Å². The van der Waals surface area contributed by atoms with E-state index in [1.54, 1.807) is 23.7 Å².